The Morgan fingerprint density at radius 2 is 1.81 bits per heavy atom. The highest BCUT2D eigenvalue weighted by Gasteiger charge is 2.11. The zero-order valence-electron chi connectivity index (χ0n) is 17.1. The second-order valence-electron chi connectivity index (χ2n) is 6.99. The number of hydrogen-bond acceptors (Lipinski definition) is 5. The molecular weight excluding hydrogens is 416 g/mol. The second-order valence-corrected chi connectivity index (χ2v) is 6.99. The maximum absolute atomic E-state index is 13.4. The monoisotopic (exact) mass is 437 g/mol. The topological polar surface area (TPSA) is 129 Å². The highest BCUT2D eigenvalue weighted by molar-refractivity contribution is 5.98. The standard InChI is InChI=1S/C22H21F2N7O/c23-16-8-15(9-17(24)10-16)12-27-20-11-21(28-13-19(20)22(25)32)30-18-5-3-14(4-6-18)2-1-7-29-31-26/h3-6,8-11,13H,1-2,7,12H2,(H2,25,32)(H2,27,28,30). The van der Waals surface area contributed by atoms with Crippen LogP contribution in [-0.2, 0) is 13.0 Å². The van der Waals surface area contributed by atoms with Crippen molar-refractivity contribution in [3.8, 4) is 0 Å². The summed E-state index contributed by atoms with van der Waals surface area (Å²) < 4.78 is 26.8. The summed E-state index contributed by atoms with van der Waals surface area (Å²) in [5, 5.41) is 9.64. The van der Waals surface area contributed by atoms with Crippen LogP contribution >= 0.6 is 0 Å². The normalized spacial score (nSPS) is 10.3. The first-order chi connectivity index (χ1) is 15.4. The molecule has 0 aliphatic heterocycles. The molecule has 32 heavy (non-hydrogen) atoms. The first-order valence-corrected chi connectivity index (χ1v) is 9.80. The lowest BCUT2D eigenvalue weighted by molar-refractivity contribution is 0.100. The first-order valence-electron chi connectivity index (χ1n) is 9.80. The number of carbonyl (C=O) groups is 1. The Labute approximate surface area is 183 Å². The number of pyridine rings is 1. The van der Waals surface area contributed by atoms with Crippen molar-refractivity contribution in [3.05, 3.63) is 93.5 Å². The van der Waals surface area contributed by atoms with Crippen LogP contribution in [0.15, 0.2) is 59.8 Å². The number of aromatic nitrogens is 1. The number of nitrogens with zero attached hydrogens (tertiary/aromatic N) is 4. The molecule has 0 fully saturated rings. The number of primary amides is 1. The number of carbonyl (C=O) groups excluding carboxylic acids is 1. The number of nitrogens with two attached hydrogens (primary N) is 1. The van der Waals surface area contributed by atoms with E-state index in [0.29, 0.717) is 23.6 Å². The molecule has 1 heterocycles. The minimum absolute atomic E-state index is 0.0863. The van der Waals surface area contributed by atoms with E-state index in [1.807, 2.05) is 24.3 Å². The number of halogens is 2. The van der Waals surface area contributed by atoms with Gasteiger partial charge < -0.3 is 16.4 Å². The number of nitrogens with one attached hydrogen (secondary N) is 2. The van der Waals surface area contributed by atoms with E-state index in [1.165, 1.54) is 18.3 Å². The summed E-state index contributed by atoms with van der Waals surface area (Å²) >= 11 is 0. The van der Waals surface area contributed by atoms with Crippen LogP contribution in [0.1, 0.15) is 27.9 Å². The molecule has 3 rings (SSSR count). The summed E-state index contributed by atoms with van der Waals surface area (Å²) in [5.74, 6) is -1.59. The molecule has 2 aromatic carbocycles. The van der Waals surface area contributed by atoms with Crippen LogP contribution in [-0.4, -0.2) is 17.4 Å². The summed E-state index contributed by atoms with van der Waals surface area (Å²) in [7, 11) is 0. The van der Waals surface area contributed by atoms with Crippen molar-refractivity contribution >= 4 is 23.1 Å². The van der Waals surface area contributed by atoms with E-state index in [2.05, 4.69) is 25.6 Å². The Hall–Kier alpha value is -4.17. The molecule has 0 unspecified atom stereocenters. The van der Waals surface area contributed by atoms with Crippen LogP contribution < -0.4 is 16.4 Å². The number of hydrogen-bond donors (Lipinski definition) is 3. The zero-order chi connectivity index (χ0) is 22.9. The smallest absolute Gasteiger partial charge is 0.252 e. The average Bonchev–Trinajstić information content (AvgIpc) is 2.76. The molecule has 0 aliphatic carbocycles. The van der Waals surface area contributed by atoms with Gasteiger partial charge in [-0.15, -0.1) is 0 Å². The SMILES string of the molecule is [N-]=[N+]=NCCCc1ccc(Nc2cc(NCc3cc(F)cc(F)c3)c(C(N)=O)cn2)cc1. The Balaban J connectivity index is 1.70. The zero-order valence-corrected chi connectivity index (χ0v) is 17.1. The maximum atomic E-state index is 13.4. The fourth-order valence-corrected chi connectivity index (χ4v) is 3.08. The van der Waals surface area contributed by atoms with Crippen LogP contribution in [0.4, 0.5) is 26.0 Å². The van der Waals surface area contributed by atoms with Gasteiger partial charge >= 0.3 is 0 Å². The number of amides is 1. The van der Waals surface area contributed by atoms with Gasteiger partial charge in [0, 0.05) is 42.0 Å². The lowest BCUT2D eigenvalue weighted by atomic mass is 10.1. The first kappa shape index (κ1) is 22.5. The van der Waals surface area contributed by atoms with Crippen LogP contribution in [0.3, 0.4) is 0 Å². The van der Waals surface area contributed by atoms with Gasteiger partial charge in [0.25, 0.3) is 5.91 Å². The molecule has 0 bridgehead atoms. The molecule has 164 valence electrons. The third-order valence-corrected chi connectivity index (χ3v) is 4.59. The Morgan fingerprint density at radius 3 is 2.47 bits per heavy atom. The van der Waals surface area contributed by atoms with Gasteiger partial charge in [-0.2, -0.15) is 0 Å². The predicted molar refractivity (Wildman–Crippen MR) is 118 cm³/mol. The van der Waals surface area contributed by atoms with Crippen LogP contribution in [0.5, 0.6) is 0 Å². The molecule has 3 aromatic rings. The van der Waals surface area contributed by atoms with Gasteiger partial charge in [-0.25, -0.2) is 13.8 Å². The fourth-order valence-electron chi connectivity index (χ4n) is 3.08. The maximum Gasteiger partial charge on any atom is 0.252 e. The largest absolute Gasteiger partial charge is 0.380 e. The van der Waals surface area contributed by atoms with E-state index in [1.54, 1.807) is 6.07 Å². The Kier molecular flexibility index (Phi) is 7.55. The van der Waals surface area contributed by atoms with E-state index in [4.69, 9.17) is 11.3 Å². The summed E-state index contributed by atoms with van der Waals surface area (Å²) in [6.45, 7) is 0.535. The van der Waals surface area contributed by atoms with Gasteiger partial charge in [0.1, 0.15) is 17.5 Å². The third kappa shape index (κ3) is 6.41. The number of benzene rings is 2. The number of aryl methyl sites for hydroxylation is 1. The summed E-state index contributed by atoms with van der Waals surface area (Å²) in [6, 6.07) is 12.5. The summed E-state index contributed by atoms with van der Waals surface area (Å²) in [5.41, 5.74) is 16.5. The van der Waals surface area contributed by atoms with Crippen LogP contribution in [0.2, 0.25) is 0 Å². The van der Waals surface area contributed by atoms with Crippen molar-refractivity contribution in [1.82, 2.24) is 4.98 Å². The molecule has 0 saturated heterocycles. The quantitative estimate of drug-likeness (QED) is 0.177. The minimum Gasteiger partial charge on any atom is -0.380 e. The molecule has 0 atom stereocenters. The highest BCUT2D eigenvalue weighted by Crippen LogP contribution is 2.23. The fraction of sp³-hybridized carbons (Fsp3) is 0.182. The van der Waals surface area contributed by atoms with Crippen LogP contribution in [0.25, 0.3) is 10.4 Å². The second kappa shape index (κ2) is 10.7. The van der Waals surface area contributed by atoms with Crippen molar-refractivity contribution in [3.63, 3.8) is 0 Å². The molecule has 0 radical (unpaired) electrons. The third-order valence-electron chi connectivity index (χ3n) is 4.59. The molecular formula is C22H21F2N7O. The molecule has 8 nitrogen and oxygen atoms in total. The highest BCUT2D eigenvalue weighted by atomic mass is 19.1. The van der Waals surface area contributed by atoms with E-state index >= 15 is 0 Å². The van der Waals surface area contributed by atoms with Crippen molar-refractivity contribution in [1.29, 1.82) is 0 Å². The predicted octanol–water partition coefficient (Wildman–Crippen LogP) is 5.06. The van der Waals surface area contributed by atoms with E-state index in [0.717, 1.165) is 30.2 Å². The average molecular weight is 437 g/mol. The number of rotatable bonds is 10. The van der Waals surface area contributed by atoms with Gasteiger partial charge in [-0.1, -0.05) is 17.2 Å². The minimum atomic E-state index is -0.685. The van der Waals surface area contributed by atoms with Crippen LogP contribution in [0, 0.1) is 11.6 Å². The summed E-state index contributed by atoms with van der Waals surface area (Å²) in [4.78, 5) is 18.7. The lowest BCUT2D eigenvalue weighted by Crippen LogP contribution is -2.15. The number of azide groups is 1. The summed E-state index contributed by atoms with van der Waals surface area (Å²) in [6.07, 6.45) is 2.89. The van der Waals surface area contributed by atoms with E-state index in [9.17, 15) is 13.6 Å². The number of anilines is 3. The molecule has 0 spiro atoms. The van der Waals surface area contributed by atoms with Crippen molar-refractivity contribution < 1.29 is 13.6 Å². The molecule has 1 amide bonds. The van der Waals surface area contributed by atoms with Gasteiger partial charge in [-0.05, 0) is 53.8 Å². The Bertz CT molecular complexity index is 1130. The van der Waals surface area contributed by atoms with Gasteiger partial charge in [0.2, 0.25) is 0 Å². The van der Waals surface area contributed by atoms with Crippen molar-refractivity contribution in [2.75, 3.05) is 17.2 Å². The molecule has 10 heteroatoms. The van der Waals surface area contributed by atoms with Gasteiger partial charge in [-0.3, -0.25) is 4.79 Å². The molecule has 1 aromatic heterocycles. The molecule has 0 saturated carbocycles. The van der Waals surface area contributed by atoms with Crippen molar-refractivity contribution in [2.24, 2.45) is 10.8 Å². The van der Waals surface area contributed by atoms with Gasteiger partial charge in [0.05, 0.1) is 11.3 Å². The van der Waals surface area contributed by atoms with Crippen molar-refractivity contribution in [2.45, 2.75) is 19.4 Å². The molecule has 4 N–H and O–H groups in total. The molecule has 0 aliphatic rings. The van der Waals surface area contributed by atoms with Gasteiger partial charge in [0.15, 0.2) is 0 Å². The van der Waals surface area contributed by atoms with E-state index in [-0.39, 0.29) is 12.1 Å². The Morgan fingerprint density at radius 1 is 1.09 bits per heavy atom. The van der Waals surface area contributed by atoms with E-state index < -0.39 is 17.5 Å². The lowest BCUT2D eigenvalue weighted by Gasteiger charge is -2.13.